The van der Waals surface area contributed by atoms with E-state index in [-0.39, 0.29) is 0 Å². The van der Waals surface area contributed by atoms with Crippen LogP contribution in [-0.2, 0) is 23.8 Å². The molecule has 0 spiro atoms. The topological polar surface area (TPSA) is 9.23 Å². The lowest BCUT2D eigenvalue weighted by Crippen LogP contribution is -1.91. The third kappa shape index (κ3) is 1.22. The maximum absolute atomic E-state index is 5.97. The molecule has 0 radical (unpaired) electrons. The first kappa shape index (κ1) is 8.36. The summed E-state index contributed by atoms with van der Waals surface area (Å²) in [4.78, 5) is 0. The Balaban J connectivity index is 2.57. The van der Waals surface area contributed by atoms with Crippen LogP contribution in [-0.4, -0.2) is 0 Å². The van der Waals surface area contributed by atoms with Crippen molar-refractivity contribution in [1.29, 1.82) is 0 Å². The Morgan fingerprint density at radius 3 is 2.92 bits per heavy atom. The van der Waals surface area contributed by atoms with Gasteiger partial charge in [0.15, 0.2) is 0 Å². The summed E-state index contributed by atoms with van der Waals surface area (Å²) in [6.07, 6.45) is 0. The Bertz CT molecular complexity index is 310. The maximum Gasteiger partial charge on any atom is 0.0728 e. The van der Waals surface area contributed by atoms with E-state index in [0.29, 0.717) is 19.1 Å². The lowest BCUT2D eigenvalue weighted by atomic mass is 10.1. The van der Waals surface area contributed by atoms with E-state index >= 15 is 0 Å². The summed E-state index contributed by atoms with van der Waals surface area (Å²) >= 11 is 11.7. The van der Waals surface area contributed by atoms with Gasteiger partial charge < -0.3 is 4.74 Å². The Hall–Kier alpha value is -0.240. The Morgan fingerprint density at radius 1 is 1.33 bits per heavy atom. The molecule has 0 bridgehead atoms. The lowest BCUT2D eigenvalue weighted by molar-refractivity contribution is 0.134. The molecule has 64 valence electrons. The second-order valence-corrected chi connectivity index (χ2v) is 3.46. The highest BCUT2D eigenvalue weighted by Gasteiger charge is 2.16. The molecule has 1 nitrogen and oxygen atoms in total. The second kappa shape index (κ2) is 3.25. The van der Waals surface area contributed by atoms with Gasteiger partial charge in [0.05, 0.1) is 13.2 Å². The standard InChI is InChI=1S/C9H8Cl2O/c10-3-7-8-5-12-4-6(8)1-2-9(7)11/h1-2H,3-5H2. The van der Waals surface area contributed by atoms with Crippen molar-refractivity contribution in [2.45, 2.75) is 19.1 Å². The highest BCUT2D eigenvalue weighted by molar-refractivity contribution is 6.32. The molecule has 0 fully saturated rings. The van der Waals surface area contributed by atoms with Crippen LogP contribution in [0.1, 0.15) is 16.7 Å². The van der Waals surface area contributed by atoms with Gasteiger partial charge in [-0.05, 0) is 22.8 Å². The zero-order valence-electron chi connectivity index (χ0n) is 6.44. The average molecular weight is 203 g/mol. The van der Waals surface area contributed by atoms with E-state index in [2.05, 4.69) is 0 Å². The van der Waals surface area contributed by atoms with Crippen molar-refractivity contribution in [3.63, 3.8) is 0 Å². The molecule has 12 heavy (non-hydrogen) atoms. The van der Waals surface area contributed by atoms with Gasteiger partial charge in [0, 0.05) is 10.9 Å². The predicted octanol–water partition coefficient (Wildman–Crippen LogP) is 3.11. The number of halogens is 2. The van der Waals surface area contributed by atoms with Gasteiger partial charge in [-0.15, -0.1) is 11.6 Å². The zero-order chi connectivity index (χ0) is 8.55. The van der Waals surface area contributed by atoms with Crippen LogP contribution in [0.2, 0.25) is 5.02 Å². The molecule has 0 N–H and O–H groups in total. The number of rotatable bonds is 1. The van der Waals surface area contributed by atoms with Crippen LogP contribution < -0.4 is 0 Å². The van der Waals surface area contributed by atoms with Crippen LogP contribution >= 0.6 is 23.2 Å². The van der Waals surface area contributed by atoms with Gasteiger partial charge in [-0.3, -0.25) is 0 Å². The summed E-state index contributed by atoms with van der Waals surface area (Å²) in [5.74, 6) is 0.464. The molecular formula is C9H8Cl2O. The van der Waals surface area contributed by atoms with Gasteiger partial charge in [0.25, 0.3) is 0 Å². The summed E-state index contributed by atoms with van der Waals surface area (Å²) in [6.45, 7) is 1.34. The van der Waals surface area contributed by atoms with E-state index in [0.717, 1.165) is 10.6 Å². The van der Waals surface area contributed by atoms with Crippen LogP contribution in [0.15, 0.2) is 12.1 Å². The molecule has 0 saturated heterocycles. The van der Waals surface area contributed by atoms with Crippen LogP contribution in [0, 0.1) is 0 Å². The minimum atomic E-state index is 0.464. The van der Waals surface area contributed by atoms with Crippen molar-refractivity contribution in [2.24, 2.45) is 0 Å². The molecule has 2 rings (SSSR count). The summed E-state index contributed by atoms with van der Waals surface area (Å²) in [7, 11) is 0. The monoisotopic (exact) mass is 202 g/mol. The molecule has 0 saturated carbocycles. The molecule has 0 aromatic heterocycles. The van der Waals surface area contributed by atoms with Crippen molar-refractivity contribution in [3.05, 3.63) is 33.8 Å². The molecule has 0 unspecified atom stereocenters. The Labute approximate surface area is 81.2 Å². The van der Waals surface area contributed by atoms with Crippen molar-refractivity contribution in [3.8, 4) is 0 Å². The number of fused-ring (bicyclic) bond motifs is 1. The van der Waals surface area contributed by atoms with E-state index in [1.807, 2.05) is 12.1 Å². The van der Waals surface area contributed by atoms with Gasteiger partial charge in [0.2, 0.25) is 0 Å². The molecule has 0 amide bonds. The van der Waals surface area contributed by atoms with Crippen molar-refractivity contribution < 1.29 is 4.74 Å². The third-order valence-corrected chi connectivity index (χ3v) is 2.73. The van der Waals surface area contributed by atoms with Crippen LogP contribution in [0.4, 0.5) is 0 Å². The quantitative estimate of drug-likeness (QED) is 0.637. The number of hydrogen-bond acceptors (Lipinski definition) is 1. The van der Waals surface area contributed by atoms with Crippen molar-refractivity contribution >= 4 is 23.2 Å². The van der Waals surface area contributed by atoms with Gasteiger partial charge in [-0.25, -0.2) is 0 Å². The van der Waals surface area contributed by atoms with Crippen LogP contribution in [0.25, 0.3) is 0 Å². The molecular weight excluding hydrogens is 195 g/mol. The molecule has 1 heterocycles. The van der Waals surface area contributed by atoms with Crippen LogP contribution in [0.3, 0.4) is 0 Å². The SMILES string of the molecule is ClCc1c(Cl)ccc2c1COC2. The van der Waals surface area contributed by atoms with E-state index < -0.39 is 0 Å². The van der Waals surface area contributed by atoms with Crippen molar-refractivity contribution in [1.82, 2.24) is 0 Å². The molecule has 3 heteroatoms. The Morgan fingerprint density at radius 2 is 2.17 bits per heavy atom. The van der Waals surface area contributed by atoms with Crippen molar-refractivity contribution in [2.75, 3.05) is 0 Å². The highest BCUT2D eigenvalue weighted by atomic mass is 35.5. The molecule has 1 aliphatic rings. The molecule has 0 aliphatic carbocycles. The highest BCUT2D eigenvalue weighted by Crippen LogP contribution is 2.30. The summed E-state index contributed by atoms with van der Waals surface area (Å²) in [5.41, 5.74) is 3.42. The first-order valence-electron chi connectivity index (χ1n) is 3.75. The molecule has 1 aromatic carbocycles. The molecule has 1 aromatic rings. The van der Waals surface area contributed by atoms with Gasteiger partial charge >= 0.3 is 0 Å². The lowest BCUT2D eigenvalue weighted by Gasteiger charge is -2.05. The number of benzene rings is 1. The largest absolute Gasteiger partial charge is 0.372 e. The fourth-order valence-corrected chi connectivity index (χ4v) is 2.05. The number of hydrogen-bond donors (Lipinski definition) is 0. The van der Waals surface area contributed by atoms with E-state index in [9.17, 15) is 0 Å². The number of ether oxygens (including phenoxy) is 1. The normalized spacial score (nSPS) is 14.8. The third-order valence-electron chi connectivity index (χ3n) is 2.11. The predicted molar refractivity (Wildman–Crippen MR) is 49.5 cm³/mol. The summed E-state index contributed by atoms with van der Waals surface area (Å²) in [5, 5.41) is 0.745. The smallest absolute Gasteiger partial charge is 0.0728 e. The van der Waals surface area contributed by atoms with Gasteiger partial charge in [-0.1, -0.05) is 17.7 Å². The fraction of sp³-hybridized carbons (Fsp3) is 0.333. The van der Waals surface area contributed by atoms with Gasteiger partial charge in [0.1, 0.15) is 0 Å². The molecule has 0 atom stereocenters. The molecule has 1 aliphatic heterocycles. The Kier molecular flexibility index (Phi) is 2.26. The summed E-state index contributed by atoms with van der Waals surface area (Å²) in [6, 6.07) is 3.88. The first-order chi connectivity index (χ1) is 5.83. The van der Waals surface area contributed by atoms with E-state index in [1.54, 1.807) is 0 Å². The van der Waals surface area contributed by atoms with Gasteiger partial charge in [-0.2, -0.15) is 0 Å². The van der Waals surface area contributed by atoms with Crippen LogP contribution in [0.5, 0.6) is 0 Å². The fourth-order valence-electron chi connectivity index (χ4n) is 1.44. The summed E-state index contributed by atoms with van der Waals surface area (Å²) < 4.78 is 5.30. The first-order valence-corrected chi connectivity index (χ1v) is 4.67. The minimum absolute atomic E-state index is 0.464. The van der Waals surface area contributed by atoms with E-state index in [4.69, 9.17) is 27.9 Å². The van der Waals surface area contributed by atoms with E-state index in [1.165, 1.54) is 11.1 Å². The number of alkyl halides is 1. The second-order valence-electron chi connectivity index (χ2n) is 2.79. The minimum Gasteiger partial charge on any atom is -0.372 e. The maximum atomic E-state index is 5.97. The zero-order valence-corrected chi connectivity index (χ0v) is 7.95. The average Bonchev–Trinajstić information content (AvgIpc) is 2.52.